The second-order valence-electron chi connectivity index (χ2n) is 5.75. The van der Waals surface area contributed by atoms with Gasteiger partial charge in [-0.15, -0.1) is 0 Å². The second-order valence-corrected chi connectivity index (χ2v) is 6.66. The summed E-state index contributed by atoms with van der Waals surface area (Å²) in [5.41, 5.74) is 2.94. The summed E-state index contributed by atoms with van der Waals surface area (Å²) >= 11 is 3.38. The minimum atomic E-state index is -0.00172. The minimum Gasteiger partial charge on any atom is -0.378 e. The lowest BCUT2D eigenvalue weighted by atomic mass is 10.1. The van der Waals surface area contributed by atoms with Crippen LogP contribution in [0.5, 0.6) is 0 Å². The topological polar surface area (TPSA) is 29.5 Å². The Balaban J connectivity index is 1.80. The van der Waals surface area contributed by atoms with Gasteiger partial charge in [0.15, 0.2) is 5.78 Å². The number of ketones is 1. The molecule has 3 nitrogen and oxygen atoms in total. The number of carbonyl (C=O) groups is 1. The van der Waals surface area contributed by atoms with Crippen LogP contribution in [0.2, 0.25) is 0 Å². The number of halogens is 1. The molecule has 0 spiro atoms. The molecule has 1 aliphatic heterocycles. The molecule has 1 fully saturated rings. The average molecular weight is 398 g/mol. The van der Waals surface area contributed by atoms with E-state index in [9.17, 15) is 4.79 Å². The highest BCUT2D eigenvalue weighted by Gasteiger charge is 2.14. The van der Waals surface area contributed by atoms with Crippen LogP contribution in [0.4, 0.5) is 0 Å². The molecule has 0 aromatic heterocycles. The second kappa shape index (κ2) is 8.79. The van der Waals surface area contributed by atoms with Gasteiger partial charge >= 0.3 is 0 Å². The molecule has 0 amide bonds. The van der Waals surface area contributed by atoms with Gasteiger partial charge in [0, 0.05) is 28.8 Å². The minimum absolute atomic E-state index is 0.00172. The molecule has 2 aromatic carbocycles. The van der Waals surface area contributed by atoms with Gasteiger partial charge < -0.3 is 9.64 Å². The molecule has 3 rings (SSSR count). The molecular weight excluding hydrogens is 378 g/mol. The van der Waals surface area contributed by atoms with Crippen LogP contribution in [0, 0.1) is 0 Å². The van der Waals surface area contributed by atoms with E-state index in [1.165, 1.54) is 0 Å². The van der Waals surface area contributed by atoms with Gasteiger partial charge in [0.05, 0.1) is 13.2 Å². The van der Waals surface area contributed by atoms with Crippen LogP contribution in [-0.2, 0) is 4.74 Å². The molecule has 0 atom stereocenters. The first-order valence-electron chi connectivity index (χ1n) is 8.30. The summed E-state index contributed by atoms with van der Waals surface area (Å²) in [5, 5.41) is 0. The maximum Gasteiger partial charge on any atom is 0.185 e. The fourth-order valence-corrected chi connectivity index (χ4v) is 3.00. The van der Waals surface area contributed by atoms with Crippen LogP contribution in [0.3, 0.4) is 0 Å². The zero-order valence-corrected chi connectivity index (χ0v) is 15.5. The van der Waals surface area contributed by atoms with Crippen LogP contribution in [0.15, 0.2) is 77.3 Å². The average Bonchev–Trinajstić information content (AvgIpc) is 2.67. The number of allylic oxidation sites excluding steroid dienone is 3. The van der Waals surface area contributed by atoms with Crippen LogP contribution in [0.25, 0.3) is 5.70 Å². The van der Waals surface area contributed by atoms with Gasteiger partial charge in [0.2, 0.25) is 0 Å². The van der Waals surface area contributed by atoms with E-state index in [1.54, 1.807) is 6.08 Å². The van der Waals surface area contributed by atoms with Gasteiger partial charge in [-0.1, -0.05) is 52.3 Å². The Morgan fingerprint density at radius 1 is 0.960 bits per heavy atom. The van der Waals surface area contributed by atoms with E-state index in [4.69, 9.17) is 4.74 Å². The molecule has 1 heterocycles. The number of nitrogens with zero attached hydrogens (tertiary/aromatic N) is 1. The van der Waals surface area contributed by atoms with Crippen molar-refractivity contribution in [2.24, 2.45) is 0 Å². The van der Waals surface area contributed by atoms with Crippen molar-refractivity contribution in [2.45, 2.75) is 0 Å². The highest BCUT2D eigenvalue weighted by molar-refractivity contribution is 9.10. The zero-order chi connectivity index (χ0) is 17.5. The number of ether oxygens (including phenoxy) is 1. The molecule has 25 heavy (non-hydrogen) atoms. The van der Waals surface area contributed by atoms with Crippen molar-refractivity contribution in [3.8, 4) is 0 Å². The molecule has 1 saturated heterocycles. The van der Waals surface area contributed by atoms with Crippen LogP contribution >= 0.6 is 15.9 Å². The van der Waals surface area contributed by atoms with Crippen LogP contribution in [-0.4, -0.2) is 37.0 Å². The number of benzene rings is 2. The number of hydrogen-bond acceptors (Lipinski definition) is 3. The van der Waals surface area contributed by atoms with E-state index in [2.05, 4.69) is 33.0 Å². The van der Waals surface area contributed by atoms with E-state index in [0.29, 0.717) is 5.56 Å². The summed E-state index contributed by atoms with van der Waals surface area (Å²) in [6.07, 6.45) is 5.46. The molecule has 0 aliphatic carbocycles. The summed E-state index contributed by atoms with van der Waals surface area (Å²) in [5.74, 6) is -0.00172. The summed E-state index contributed by atoms with van der Waals surface area (Å²) in [4.78, 5) is 14.6. The summed E-state index contributed by atoms with van der Waals surface area (Å²) in [7, 11) is 0. The lowest BCUT2D eigenvalue weighted by molar-refractivity contribution is 0.0639. The van der Waals surface area contributed by atoms with Crippen molar-refractivity contribution in [2.75, 3.05) is 26.3 Å². The van der Waals surface area contributed by atoms with Crippen molar-refractivity contribution in [1.82, 2.24) is 4.90 Å². The Morgan fingerprint density at radius 3 is 2.32 bits per heavy atom. The van der Waals surface area contributed by atoms with Crippen LogP contribution < -0.4 is 0 Å². The molecule has 2 aromatic rings. The van der Waals surface area contributed by atoms with Gasteiger partial charge in [-0.05, 0) is 42.0 Å². The highest BCUT2D eigenvalue weighted by Crippen LogP contribution is 2.20. The van der Waals surface area contributed by atoms with Gasteiger partial charge in [-0.25, -0.2) is 0 Å². The molecule has 0 N–H and O–H groups in total. The molecule has 128 valence electrons. The third-order valence-corrected chi connectivity index (χ3v) is 4.58. The van der Waals surface area contributed by atoms with Crippen molar-refractivity contribution < 1.29 is 9.53 Å². The van der Waals surface area contributed by atoms with E-state index in [0.717, 1.165) is 42.0 Å². The molecule has 0 radical (unpaired) electrons. The highest BCUT2D eigenvalue weighted by atomic mass is 79.9. The first-order chi connectivity index (χ1) is 12.2. The molecule has 1 aliphatic rings. The Bertz CT molecular complexity index is 760. The lowest BCUT2D eigenvalue weighted by Gasteiger charge is -2.31. The Morgan fingerprint density at radius 2 is 1.64 bits per heavy atom. The number of hydrogen-bond donors (Lipinski definition) is 0. The predicted molar refractivity (Wildman–Crippen MR) is 104 cm³/mol. The first-order valence-corrected chi connectivity index (χ1v) is 9.10. The summed E-state index contributed by atoms with van der Waals surface area (Å²) in [6.45, 7) is 3.17. The fraction of sp³-hybridized carbons (Fsp3) is 0.190. The van der Waals surface area contributed by atoms with Crippen molar-refractivity contribution in [1.29, 1.82) is 0 Å². The molecule has 4 heteroatoms. The Kier molecular flexibility index (Phi) is 6.20. The van der Waals surface area contributed by atoms with E-state index in [1.807, 2.05) is 54.6 Å². The fourth-order valence-electron chi connectivity index (χ4n) is 2.73. The van der Waals surface area contributed by atoms with E-state index >= 15 is 0 Å². The summed E-state index contributed by atoms with van der Waals surface area (Å²) < 4.78 is 6.42. The Hall–Kier alpha value is -2.17. The maximum absolute atomic E-state index is 12.3. The van der Waals surface area contributed by atoms with Gasteiger partial charge in [0.25, 0.3) is 0 Å². The smallest absolute Gasteiger partial charge is 0.185 e. The molecular formula is C21H20BrNO2. The van der Waals surface area contributed by atoms with Crippen molar-refractivity contribution >= 4 is 27.4 Å². The first kappa shape index (κ1) is 17.6. The largest absolute Gasteiger partial charge is 0.378 e. The zero-order valence-electron chi connectivity index (χ0n) is 13.9. The van der Waals surface area contributed by atoms with Gasteiger partial charge in [0.1, 0.15) is 0 Å². The molecule has 0 unspecified atom stereocenters. The quantitative estimate of drug-likeness (QED) is 0.420. The van der Waals surface area contributed by atoms with E-state index in [-0.39, 0.29) is 5.78 Å². The molecule has 0 bridgehead atoms. The number of rotatable bonds is 5. The van der Waals surface area contributed by atoms with Crippen LogP contribution in [0.1, 0.15) is 15.9 Å². The van der Waals surface area contributed by atoms with Crippen molar-refractivity contribution in [3.05, 3.63) is 88.4 Å². The van der Waals surface area contributed by atoms with E-state index < -0.39 is 0 Å². The number of carbonyl (C=O) groups excluding carboxylic acids is 1. The van der Waals surface area contributed by atoms with Gasteiger partial charge in [-0.2, -0.15) is 0 Å². The Labute approximate surface area is 156 Å². The SMILES string of the molecule is O=C(/C=C/C=C(\c1ccccc1)N1CCOCC1)c1ccc(Br)cc1. The monoisotopic (exact) mass is 397 g/mol. The third kappa shape index (κ3) is 4.91. The standard InChI is InChI=1S/C21H20BrNO2/c22-19-11-9-18(10-12-19)21(24)8-4-7-20(17-5-2-1-3-6-17)23-13-15-25-16-14-23/h1-12H,13-16H2/b8-4+,20-7+. The maximum atomic E-state index is 12.3. The third-order valence-electron chi connectivity index (χ3n) is 4.05. The van der Waals surface area contributed by atoms with Gasteiger partial charge in [-0.3, -0.25) is 4.79 Å². The predicted octanol–water partition coefficient (Wildman–Crippen LogP) is 4.56. The normalized spacial score (nSPS) is 15.6. The summed E-state index contributed by atoms with van der Waals surface area (Å²) in [6, 6.07) is 17.6. The number of morpholine rings is 1. The molecule has 0 saturated carbocycles. The lowest BCUT2D eigenvalue weighted by Crippen LogP contribution is -2.34. The van der Waals surface area contributed by atoms with Crippen molar-refractivity contribution in [3.63, 3.8) is 0 Å².